The van der Waals surface area contributed by atoms with E-state index in [1.165, 1.54) is 5.56 Å². The predicted molar refractivity (Wildman–Crippen MR) is 116 cm³/mol. The van der Waals surface area contributed by atoms with Crippen molar-refractivity contribution in [1.82, 2.24) is 0 Å². The van der Waals surface area contributed by atoms with Crippen molar-refractivity contribution >= 4 is 23.3 Å². The van der Waals surface area contributed by atoms with Crippen LogP contribution in [0.3, 0.4) is 0 Å². The molecule has 160 valence electrons. The number of benzene rings is 2. The van der Waals surface area contributed by atoms with Crippen molar-refractivity contribution in [3.8, 4) is 5.75 Å². The van der Waals surface area contributed by atoms with Gasteiger partial charge in [-0.1, -0.05) is 39.8 Å². The Morgan fingerprint density at radius 2 is 1.57 bits per heavy atom. The first kappa shape index (κ1) is 23.1. The van der Waals surface area contributed by atoms with Gasteiger partial charge >= 0.3 is 5.97 Å². The summed E-state index contributed by atoms with van der Waals surface area (Å²) in [4.78, 5) is 35.4. The van der Waals surface area contributed by atoms with E-state index in [1.54, 1.807) is 31.2 Å². The summed E-state index contributed by atoms with van der Waals surface area (Å²) in [6, 6.07) is 14.2. The molecule has 0 spiro atoms. The normalized spacial score (nSPS) is 10.9. The molecule has 0 saturated heterocycles. The lowest BCUT2D eigenvalue weighted by Gasteiger charge is -2.19. The van der Waals surface area contributed by atoms with Crippen LogP contribution < -0.4 is 10.1 Å². The molecule has 0 unspecified atom stereocenters. The van der Waals surface area contributed by atoms with Gasteiger partial charge in [0.25, 0.3) is 0 Å². The summed E-state index contributed by atoms with van der Waals surface area (Å²) in [6.45, 7) is 8.01. The van der Waals surface area contributed by atoms with Crippen molar-refractivity contribution in [1.29, 1.82) is 0 Å². The first-order valence-corrected chi connectivity index (χ1v) is 10.0. The van der Waals surface area contributed by atoms with E-state index >= 15 is 0 Å². The zero-order chi connectivity index (χ0) is 22.1. The van der Waals surface area contributed by atoms with Crippen molar-refractivity contribution in [2.45, 2.75) is 46.0 Å². The van der Waals surface area contributed by atoms with Gasteiger partial charge in [0, 0.05) is 17.7 Å². The van der Waals surface area contributed by atoms with Crippen molar-refractivity contribution in [2.75, 3.05) is 18.5 Å². The van der Waals surface area contributed by atoms with Gasteiger partial charge in [0.05, 0.1) is 13.0 Å². The van der Waals surface area contributed by atoms with Crippen molar-refractivity contribution < 1.29 is 23.9 Å². The minimum absolute atomic E-state index is 0.0519. The highest BCUT2D eigenvalue weighted by molar-refractivity contribution is 5.98. The van der Waals surface area contributed by atoms with Gasteiger partial charge in [-0.25, -0.2) is 0 Å². The average molecular weight is 411 g/mol. The predicted octanol–water partition coefficient (Wildman–Crippen LogP) is 4.53. The summed E-state index contributed by atoms with van der Waals surface area (Å²) in [7, 11) is 0. The fourth-order valence-corrected chi connectivity index (χ4v) is 2.59. The maximum absolute atomic E-state index is 12.2. The van der Waals surface area contributed by atoms with Crippen LogP contribution >= 0.6 is 0 Å². The quantitative estimate of drug-likeness (QED) is 0.484. The van der Waals surface area contributed by atoms with Crippen LogP contribution in [0.15, 0.2) is 48.5 Å². The Morgan fingerprint density at radius 1 is 0.933 bits per heavy atom. The summed E-state index contributed by atoms with van der Waals surface area (Å²) in [5.74, 6) is -0.227. The SMILES string of the molecule is CCC(=O)Nc1ccc(C(=O)COC(=O)CCOc2ccc(C(C)(C)C)cc2)cc1. The molecular weight excluding hydrogens is 382 g/mol. The van der Waals surface area contributed by atoms with E-state index in [0.717, 1.165) is 0 Å². The molecule has 0 aliphatic carbocycles. The Balaban J connectivity index is 1.72. The Bertz CT molecular complexity index is 864. The molecule has 6 heteroatoms. The number of ketones is 1. The van der Waals surface area contributed by atoms with E-state index in [2.05, 4.69) is 26.1 Å². The van der Waals surface area contributed by atoms with Crippen LogP contribution in [-0.2, 0) is 19.7 Å². The number of esters is 1. The lowest BCUT2D eigenvalue weighted by atomic mass is 9.87. The standard InChI is InChI=1S/C24H29NO5/c1-5-22(27)25-19-10-6-17(7-11-19)21(26)16-30-23(28)14-15-29-20-12-8-18(9-13-20)24(2,3)4/h6-13H,5,14-16H2,1-4H3,(H,25,27). The fraction of sp³-hybridized carbons (Fsp3) is 0.375. The van der Waals surface area contributed by atoms with Gasteiger partial charge in [-0.2, -0.15) is 0 Å². The molecule has 1 amide bonds. The van der Waals surface area contributed by atoms with E-state index in [4.69, 9.17) is 9.47 Å². The van der Waals surface area contributed by atoms with Crippen LogP contribution in [0.1, 0.15) is 56.5 Å². The molecule has 0 bridgehead atoms. The number of carbonyl (C=O) groups is 3. The molecule has 2 rings (SSSR count). The maximum atomic E-state index is 12.2. The number of anilines is 1. The molecule has 6 nitrogen and oxygen atoms in total. The molecule has 0 radical (unpaired) electrons. The molecule has 30 heavy (non-hydrogen) atoms. The Morgan fingerprint density at radius 3 is 2.13 bits per heavy atom. The number of ether oxygens (including phenoxy) is 2. The van der Waals surface area contributed by atoms with Gasteiger partial charge < -0.3 is 14.8 Å². The van der Waals surface area contributed by atoms with E-state index in [1.807, 2.05) is 24.3 Å². The molecule has 0 aliphatic rings. The minimum Gasteiger partial charge on any atom is -0.493 e. The van der Waals surface area contributed by atoms with Crippen LogP contribution in [0, 0.1) is 0 Å². The number of rotatable bonds is 9. The van der Waals surface area contributed by atoms with E-state index in [-0.39, 0.29) is 36.7 Å². The van der Waals surface area contributed by atoms with E-state index in [9.17, 15) is 14.4 Å². The molecule has 1 N–H and O–H groups in total. The lowest BCUT2D eigenvalue weighted by molar-refractivity contribution is -0.143. The Kier molecular flexibility index (Phi) is 8.16. The van der Waals surface area contributed by atoms with Gasteiger partial charge in [-0.3, -0.25) is 14.4 Å². The van der Waals surface area contributed by atoms with E-state index < -0.39 is 5.97 Å². The largest absolute Gasteiger partial charge is 0.493 e. The second-order valence-electron chi connectivity index (χ2n) is 7.94. The summed E-state index contributed by atoms with van der Waals surface area (Å²) < 4.78 is 10.6. The summed E-state index contributed by atoms with van der Waals surface area (Å²) in [6.07, 6.45) is 0.429. The first-order valence-electron chi connectivity index (χ1n) is 10.0. The number of hydrogen-bond donors (Lipinski definition) is 1. The third-order valence-electron chi connectivity index (χ3n) is 4.47. The topological polar surface area (TPSA) is 81.7 Å². The highest BCUT2D eigenvalue weighted by Gasteiger charge is 2.13. The van der Waals surface area contributed by atoms with Crippen LogP contribution in [0.2, 0.25) is 0 Å². The van der Waals surface area contributed by atoms with Crippen LogP contribution in [0.5, 0.6) is 5.75 Å². The van der Waals surface area contributed by atoms with Crippen molar-refractivity contribution in [3.05, 3.63) is 59.7 Å². The molecule has 0 aliphatic heterocycles. The minimum atomic E-state index is -0.499. The third kappa shape index (κ3) is 7.35. The van der Waals surface area contributed by atoms with Crippen molar-refractivity contribution in [3.63, 3.8) is 0 Å². The second kappa shape index (κ2) is 10.6. The average Bonchev–Trinajstić information content (AvgIpc) is 2.72. The summed E-state index contributed by atoms with van der Waals surface area (Å²) in [5.41, 5.74) is 2.29. The highest BCUT2D eigenvalue weighted by Crippen LogP contribution is 2.24. The number of Topliss-reactive ketones (excluding diaryl/α,β-unsaturated/α-hetero) is 1. The van der Waals surface area contributed by atoms with Crippen LogP contribution in [0.4, 0.5) is 5.69 Å². The Hall–Kier alpha value is -3.15. The summed E-state index contributed by atoms with van der Waals surface area (Å²) in [5, 5.41) is 2.71. The maximum Gasteiger partial charge on any atom is 0.309 e. The fourth-order valence-electron chi connectivity index (χ4n) is 2.59. The monoisotopic (exact) mass is 411 g/mol. The van der Waals surface area contributed by atoms with E-state index in [0.29, 0.717) is 23.4 Å². The zero-order valence-corrected chi connectivity index (χ0v) is 18.0. The Labute approximate surface area is 177 Å². The number of hydrogen-bond acceptors (Lipinski definition) is 5. The smallest absolute Gasteiger partial charge is 0.309 e. The zero-order valence-electron chi connectivity index (χ0n) is 18.0. The second-order valence-corrected chi connectivity index (χ2v) is 7.94. The molecule has 0 heterocycles. The lowest BCUT2D eigenvalue weighted by Crippen LogP contribution is -2.16. The van der Waals surface area contributed by atoms with Gasteiger partial charge in [0.2, 0.25) is 5.91 Å². The summed E-state index contributed by atoms with van der Waals surface area (Å²) >= 11 is 0. The molecular formula is C24H29NO5. The molecule has 2 aromatic rings. The van der Waals surface area contributed by atoms with Crippen LogP contribution in [-0.4, -0.2) is 30.9 Å². The number of nitrogens with one attached hydrogen (secondary N) is 1. The molecule has 2 aromatic carbocycles. The third-order valence-corrected chi connectivity index (χ3v) is 4.47. The highest BCUT2D eigenvalue weighted by atomic mass is 16.5. The number of amides is 1. The van der Waals surface area contributed by atoms with Gasteiger partial charge in [0.15, 0.2) is 12.4 Å². The molecule has 0 fully saturated rings. The number of carbonyl (C=O) groups excluding carboxylic acids is 3. The van der Waals surface area contributed by atoms with Crippen LogP contribution in [0.25, 0.3) is 0 Å². The molecule has 0 atom stereocenters. The molecule has 0 saturated carbocycles. The molecule has 0 aromatic heterocycles. The van der Waals surface area contributed by atoms with Gasteiger partial charge in [-0.05, 0) is 47.4 Å². The van der Waals surface area contributed by atoms with Gasteiger partial charge in [0.1, 0.15) is 5.75 Å². The van der Waals surface area contributed by atoms with Crippen molar-refractivity contribution in [2.24, 2.45) is 0 Å². The van der Waals surface area contributed by atoms with Gasteiger partial charge in [-0.15, -0.1) is 0 Å². The first-order chi connectivity index (χ1) is 14.2.